The summed E-state index contributed by atoms with van der Waals surface area (Å²) < 4.78 is 19.9. The van der Waals surface area contributed by atoms with Crippen molar-refractivity contribution in [3.8, 4) is 122 Å². The first-order valence-corrected chi connectivity index (χ1v) is 48.0. The van der Waals surface area contributed by atoms with Crippen LogP contribution in [0.5, 0.6) is 0 Å². The van der Waals surface area contributed by atoms with Gasteiger partial charge in [-0.15, -0.1) is 0 Å². The molecular formula is C133H82N6O3. The summed E-state index contributed by atoms with van der Waals surface area (Å²) in [5, 5.41) is 20.5. The number of hydrogen-bond donors (Lipinski definition) is 0. The fourth-order valence-corrected chi connectivity index (χ4v) is 21.5. The molecule has 0 spiro atoms. The summed E-state index contributed by atoms with van der Waals surface area (Å²) in [4.78, 5) is 28.3. The highest BCUT2D eigenvalue weighted by molar-refractivity contribution is 6.27. The molecule has 29 rings (SSSR count). The first-order valence-electron chi connectivity index (χ1n) is 48.0. The molecule has 9 nitrogen and oxygen atoms in total. The maximum atomic E-state index is 7.00. The van der Waals surface area contributed by atoms with Crippen LogP contribution in [0.1, 0.15) is 5.56 Å². The van der Waals surface area contributed by atoms with Crippen LogP contribution in [0, 0.1) is 6.92 Å². The van der Waals surface area contributed by atoms with Crippen LogP contribution >= 0.6 is 0 Å². The molecule has 23 aromatic carbocycles. The van der Waals surface area contributed by atoms with Crippen LogP contribution in [0.25, 0.3) is 286 Å². The summed E-state index contributed by atoms with van der Waals surface area (Å²) >= 11 is 0. The first-order chi connectivity index (χ1) is 70.3. The van der Waals surface area contributed by atoms with E-state index in [1.165, 1.54) is 65.7 Å². The van der Waals surface area contributed by atoms with Gasteiger partial charge in [-0.05, 0) is 236 Å². The van der Waals surface area contributed by atoms with Gasteiger partial charge in [-0.1, -0.05) is 351 Å². The molecule has 0 aliphatic rings. The van der Waals surface area contributed by atoms with Crippen LogP contribution in [0.4, 0.5) is 0 Å². The Kier molecular flexibility index (Phi) is 20.0. The lowest BCUT2D eigenvalue weighted by molar-refractivity contribution is 0.669. The molecule has 0 radical (unpaired) electrons. The normalized spacial score (nSPS) is 11.7. The van der Waals surface area contributed by atoms with Gasteiger partial charge < -0.3 is 13.3 Å². The quantitative estimate of drug-likeness (QED) is 0.117. The molecule has 142 heavy (non-hydrogen) atoms. The zero-order valence-corrected chi connectivity index (χ0v) is 77.0. The summed E-state index contributed by atoms with van der Waals surface area (Å²) in [6, 6.07) is 158. The molecule has 662 valence electrons. The molecule has 0 saturated heterocycles. The Bertz CT molecular complexity index is 10000. The van der Waals surface area contributed by atoms with E-state index in [-0.39, 0.29) is 0 Å². The van der Waals surface area contributed by atoms with E-state index in [9.17, 15) is 0 Å². The number of para-hydroxylation sites is 1. The smallest absolute Gasteiger partial charge is 0.143 e. The van der Waals surface area contributed by atoms with E-state index >= 15 is 0 Å². The third-order valence-corrected chi connectivity index (χ3v) is 28.3. The Morgan fingerprint density at radius 1 is 0.134 bits per heavy atom. The van der Waals surface area contributed by atoms with Gasteiger partial charge in [0.05, 0.1) is 33.1 Å². The zero-order chi connectivity index (χ0) is 93.8. The fourth-order valence-electron chi connectivity index (χ4n) is 21.5. The second-order valence-electron chi connectivity index (χ2n) is 36.7. The number of rotatable bonds is 11. The molecule has 6 heterocycles. The van der Waals surface area contributed by atoms with Gasteiger partial charge in [-0.2, -0.15) is 0 Å². The lowest BCUT2D eigenvalue weighted by Gasteiger charge is -2.12. The first kappa shape index (κ1) is 82.5. The van der Waals surface area contributed by atoms with Gasteiger partial charge in [0, 0.05) is 124 Å². The minimum Gasteiger partial charge on any atom is -0.456 e. The maximum Gasteiger partial charge on any atom is 0.143 e. The average Bonchev–Trinajstić information content (AvgIpc) is 1.07. The van der Waals surface area contributed by atoms with E-state index in [4.69, 9.17) is 38.2 Å². The van der Waals surface area contributed by atoms with Crippen molar-refractivity contribution in [2.24, 2.45) is 0 Å². The predicted molar refractivity (Wildman–Crippen MR) is 590 cm³/mol. The molecule has 0 saturated carbocycles. The molecule has 0 N–H and O–H groups in total. The van der Waals surface area contributed by atoms with E-state index in [1.807, 2.05) is 6.07 Å². The molecule has 0 bridgehead atoms. The Hall–Kier alpha value is -19.0. The minimum atomic E-state index is 0.889. The molecule has 0 atom stereocenters. The Morgan fingerprint density at radius 3 is 0.739 bits per heavy atom. The summed E-state index contributed by atoms with van der Waals surface area (Å²) in [7, 11) is 0. The van der Waals surface area contributed by atoms with Gasteiger partial charge in [-0.3, -0.25) is 29.9 Å². The van der Waals surface area contributed by atoms with Crippen LogP contribution < -0.4 is 0 Å². The van der Waals surface area contributed by atoms with Crippen molar-refractivity contribution in [3.05, 3.63) is 486 Å². The van der Waals surface area contributed by atoms with Crippen LogP contribution in [0.2, 0.25) is 0 Å². The monoisotopic (exact) mass is 1810 g/mol. The third kappa shape index (κ3) is 14.4. The van der Waals surface area contributed by atoms with Crippen molar-refractivity contribution in [3.63, 3.8) is 0 Å². The lowest BCUT2D eigenvalue weighted by Crippen LogP contribution is -1.89. The second kappa shape index (κ2) is 34.4. The van der Waals surface area contributed by atoms with Crippen molar-refractivity contribution >= 4 is 164 Å². The van der Waals surface area contributed by atoms with Crippen LogP contribution in [-0.4, -0.2) is 29.9 Å². The highest BCUT2D eigenvalue weighted by Crippen LogP contribution is 2.50. The maximum absolute atomic E-state index is 7.00. The zero-order valence-electron chi connectivity index (χ0n) is 77.0. The third-order valence-electron chi connectivity index (χ3n) is 28.3. The van der Waals surface area contributed by atoms with Crippen molar-refractivity contribution < 1.29 is 13.3 Å². The number of furan rings is 3. The van der Waals surface area contributed by atoms with Crippen LogP contribution in [0.3, 0.4) is 0 Å². The number of aryl methyl sites for hydroxylation is 1. The van der Waals surface area contributed by atoms with Crippen molar-refractivity contribution in [1.82, 2.24) is 29.9 Å². The van der Waals surface area contributed by atoms with Gasteiger partial charge >= 0.3 is 0 Å². The number of hydrogen-bond acceptors (Lipinski definition) is 9. The van der Waals surface area contributed by atoms with Crippen LogP contribution in [0.15, 0.2) is 493 Å². The van der Waals surface area contributed by atoms with Crippen molar-refractivity contribution in [2.75, 3.05) is 0 Å². The molecule has 0 unspecified atom stereocenters. The molecule has 29 aromatic rings. The molecule has 0 aliphatic heterocycles. The molecular weight excluding hydrogens is 1730 g/mol. The van der Waals surface area contributed by atoms with Gasteiger partial charge in [0.1, 0.15) is 33.5 Å². The van der Waals surface area contributed by atoms with Gasteiger partial charge in [0.2, 0.25) is 0 Å². The summed E-state index contributed by atoms with van der Waals surface area (Å²) in [5.74, 6) is 0. The van der Waals surface area contributed by atoms with Gasteiger partial charge in [-0.25, -0.2) is 0 Å². The van der Waals surface area contributed by atoms with E-state index in [0.717, 1.165) is 226 Å². The van der Waals surface area contributed by atoms with Gasteiger partial charge in [0.25, 0.3) is 0 Å². The van der Waals surface area contributed by atoms with E-state index in [1.54, 1.807) is 37.2 Å². The largest absolute Gasteiger partial charge is 0.456 e. The predicted octanol–water partition coefficient (Wildman–Crippen LogP) is 36.2. The summed E-state index contributed by atoms with van der Waals surface area (Å²) in [6.45, 7) is 2.12. The number of aromatic nitrogens is 6. The highest BCUT2D eigenvalue weighted by Gasteiger charge is 2.25. The Morgan fingerprint density at radius 2 is 0.373 bits per heavy atom. The van der Waals surface area contributed by atoms with E-state index in [0.29, 0.717) is 0 Å². The second-order valence-corrected chi connectivity index (χ2v) is 36.7. The standard InChI is InChI=1S/C52H32N2O.C46H28N2O.C35H22N2O/c1-4-13-33(14-5-1)39-29-44(34-15-6-2-7-16-34)51-47(31-39)48-32-40(30-45(52(48)55-51)35-17-8-3-9-18-35)37-20-12-19-36(27-37)38-23-24-43-46(28-38)41-21-10-11-22-42(41)49-50(43)54-26-25-53-49;1-3-11-29(12-4-1)35-19-10-20-39-42-28-34(27-40(46(42)49-45(35)39)30-13-5-2-6-14-30)32-16-9-15-31(25-32)33-21-22-38-41(26-33)36-17-7-8-18-37(36)43-44(38)48-24-23-47-43;1-21-9-13-32-30(17-21)31-20-25(11-14-33(31)38-32)23-6-4-5-22(18-23)24-10-12-28-29(19-24)26-7-2-3-8-27(26)34-35(28)37-16-15-36-34/h1-32H;1-28H;2-20H,1H3. The van der Waals surface area contributed by atoms with E-state index < -0.39 is 0 Å². The number of nitrogens with zero attached hydrogens (tertiary/aromatic N) is 6. The van der Waals surface area contributed by atoms with Gasteiger partial charge in [0.15, 0.2) is 0 Å². The molecule has 6 aromatic heterocycles. The fraction of sp³-hybridized carbons (Fsp3) is 0.00752. The highest BCUT2D eigenvalue weighted by atomic mass is 16.3. The Labute approximate surface area is 815 Å². The van der Waals surface area contributed by atoms with Crippen molar-refractivity contribution in [1.29, 1.82) is 0 Å². The number of fused-ring (bicyclic) bond motifs is 27. The summed E-state index contributed by atoms with van der Waals surface area (Å²) in [5.41, 5.74) is 37.4. The SMILES string of the molecule is Cc1ccc2oc3ccc(-c4cccc(-c5ccc6c(c5)c5ccccc5c5nccnc65)c4)cc3c2c1.c1ccc(-c2cc(-c3ccccc3)c3oc4c(-c5ccccc5)cc(-c5cccc(-c6ccc7c(c6)c6ccccc6c6nccnc76)c5)cc4c3c2)cc1.c1ccc(-c2cccc3c2oc2c(-c4ccccc4)cc(-c4cccc(-c5ccc6c(c5)c5ccccc5c5nccnc65)c4)cc23)cc1. The topological polar surface area (TPSA) is 117 Å². The lowest BCUT2D eigenvalue weighted by atomic mass is 9.91. The van der Waals surface area contributed by atoms with Crippen LogP contribution in [-0.2, 0) is 0 Å². The van der Waals surface area contributed by atoms with Crippen molar-refractivity contribution in [2.45, 2.75) is 6.92 Å². The van der Waals surface area contributed by atoms with E-state index in [2.05, 4.69) is 449 Å². The molecule has 0 fully saturated rings. The summed E-state index contributed by atoms with van der Waals surface area (Å²) in [6.07, 6.45) is 10.6. The number of benzene rings is 23. The Balaban J connectivity index is 0.000000108. The molecule has 0 amide bonds. The average molecular weight is 1810 g/mol. The molecule has 9 heteroatoms. The minimum absolute atomic E-state index is 0.889. The molecule has 0 aliphatic carbocycles.